The number of rotatable bonds is 2. The van der Waals surface area contributed by atoms with E-state index in [1.54, 1.807) is 0 Å². The van der Waals surface area contributed by atoms with Gasteiger partial charge in [0.05, 0.1) is 5.52 Å². The van der Waals surface area contributed by atoms with Gasteiger partial charge in [-0.25, -0.2) is 0 Å². The van der Waals surface area contributed by atoms with Crippen LogP contribution in [0.1, 0.15) is 41.7 Å². The first kappa shape index (κ1) is 13.0. The zero-order valence-corrected chi connectivity index (χ0v) is 11.6. The van der Waals surface area contributed by atoms with Crippen LogP contribution in [-0.2, 0) is 4.79 Å². The van der Waals surface area contributed by atoms with Gasteiger partial charge in [0.15, 0.2) is 5.78 Å². The third-order valence-electron chi connectivity index (χ3n) is 3.97. The molecule has 0 amide bonds. The fraction of sp³-hybridized carbons (Fsp3) is 0.353. The summed E-state index contributed by atoms with van der Waals surface area (Å²) < 4.78 is 0. The van der Waals surface area contributed by atoms with Crippen molar-refractivity contribution in [1.29, 1.82) is 0 Å². The highest BCUT2D eigenvalue weighted by Crippen LogP contribution is 2.26. The molecular formula is C17H17NO2. The van der Waals surface area contributed by atoms with E-state index in [1.165, 1.54) is 0 Å². The third-order valence-corrected chi connectivity index (χ3v) is 3.97. The van der Waals surface area contributed by atoms with E-state index in [0.29, 0.717) is 18.4 Å². The molecule has 0 saturated heterocycles. The average molecular weight is 267 g/mol. The second-order valence-electron chi connectivity index (χ2n) is 5.56. The maximum Gasteiger partial charge on any atom is 0.166 e. The summed E-state index contributed by atoms with van der Waals surface area (Å²) >= 11 is 0. The smallest absolute Gasteiger partial charge is 0.166 e. The quantitative estimate of drug-likeness (QED) is 0.782. The number of carbonyl (C=O) groups is 2. The van der Waals surface area contributed by atoms with Gasteiger partial charge in [0.25, 0.3) is 0 Å². The Hall–Kier alpha value is -2.03. The molecule has 0 radical (unpaired) electrons. The number of carbonyl (C=O) groups excluding carboxylic acids is 2. The normalized spacial score (nSPS) is 19.2. The number of fused-ring (bicyclic) bond motifs is 1. The average Bonchev–Trinajstić information content (AvgIpc) is 2.46. The minimum atomic E-state index is -0.132. The lowest BCUT2D eigenvalue weighted by molar-refractivity contribution is -0.121. The van der Waals surface area contributed by atoms with Gasteiger partial charge in [0.2, 0.25) is 0 Å². The number of aromatic nitrogens is 1. The molecule has 1 atom stereocenters. The molecule has 1 aromatic heterocycles. The lowest BCUT2D eigenvalue weighted by Gasteiger charge is -2.19. The molecule has 1 aliphatic carbocycles. The van der Waals surface area contributed by atoms with E-state index >= 15 is 0 Å². The Morgan fingerprint density at radius 3 is 2.90 bits per heavy atom. The molecule has 3 nitrogen and oxygen atoms in total. The lowest BCUT2D eigenvalue weighted by Crippen LogP contribution is -2.22. The van der Waals surface area contributed by atoms with Gasteiger partial charge in [-0.2, -0.15) is 0 Å². The Balaban J connectivity index is 1.91. The predicted molar refractivity (Wildman–Crippen MR) is 77.8 cm³/mol. The largest absolute Gasteiger partial charge is 0.300 e. The van der Waals surface area contributed by atoms with Crippen LogP contribution in [0.4, 0.5) is 0 Å². The summed E-state index contributed by atoms with van der Waals surface area (Å²) in [4.78, 5) is 28.4. The van der Waals surface area contributed by atoms with Crippen LogP contribution in [0.25, 0.3) is 10.9 Å². The maximum absolute atomic E-state index is 12.5. The van der Waals surface area contributed by atoms with E-state index in [2.05, 4.69) is 4.98 Å². The van der Waals surface area contributed by atoms with E-state index in [1.807, 2.05) is 37.3 Å². The number of nitrogens with zero attached hydrogens (tertiary/aromatic N) is 1. The van der Waals surface area contributed by atoms with Crippen LogP contribution in [0.2, 0.25) is 0 Å². The van der Waals surface area contributed by atoms with Crippen molar-refractivity contribution in [3.05, 3.63) is 41.6 Å². The highest BCUT2D eigenvalue weighted by Gasteiger charge is 2.26. The molecule has 1 heterocycles. The summed E-state index contributed by atoms with van der Waals surface area (Å²) in [5, 5.41) is 0.976. The number of hydrogen-bond donors (Lipinski definition) is 0. The molecular weight excluding hydrogens is 250 g/mol. The Kier molecular flexibility index (Phi) is 3.35. The molecule has 1 saturated carbocycles. The van der Waals surface area contributed by atoms with Crippen molar-refractivity contribution >= 4 is 22.5 Å². The summed E-state index contributed by atoms with van der Waals surface area (Å²) in [6, 6.07) is 9.54. The first-order chi connectivity index (χ1) is 9.63. The van der Waals surface area contributed by atoms with Crippen molar-refractivity contribution < 1.29 is 9.59 Å². The van der Waals surface area contributed by atoms with Crippen LogP contribution in [0.3, 0.4) is 0 Å². The monoisotopic (exact) mass is 267 g/mol. The molecule has 102 valence electrons. The molecule has 2 aromatic rings. The van der Waals surface area contributed by atoms with Gasteiger partial charge in [-0.05, 0) is 44.0 Å². The molecule has 20 heavy (non-hydrogen) atoms. The Bertz CT molecular complexity index is 690. The Morgan fingerprint density at radius 1 is 1.25 bits per heavy atom. The van der Waals surface area contributed by atoms with Crippen molar-refractivity contribution in [1.82, 2.24) is 4.98 Å². The molecule has 0 bridgehead atoms. The first-order valence-electron chi connectivity index (χ1n) is 7.07. The number of pyridine rings is 1. The van der Waals surface area contributed by atoms with Crippen LogP contribution >= 0.6 is 0 Å². The molecule has 1 aromatic carbocycles. The predicted octanol–water partition coefficient (Wildman–Crippen LogP) is 3.49. The van der Waals surface area contributed by atoms with Crippen molar-refractivity contribution in [3.8, 4) is 0 Å². The van der Waals surface area contributed by atoms with Crippen molar-refractivity contribution in [2.75, 3.05) is 0 Å². The van der Waals surface area contributed by atoms with Crippen molar-refractivity contribution in [3.63, 3.8) is 0 Å². The number of aryl methyl sites for hydroxylation is 1. The summed E-state index contributed by atoms with van der Waals surface area (Å²) in [6.45, 7) is 1.95. The second-order valence-corrected chi connectivity index (χ2v) is 5.56. The van der Waals surface area contributed by atoms with Gasteiger partial charge >= 0.3 is 0 Å². The molecule has 3 heteroatoms. The zero-order chi connectivity index (χ0) is 14.1. The summed E-state index contributed by atoms with van der Waals surface area (Å²) in [7, 11) is 0. The topological polar surface area (TPSA) is 47.0 Å². The molecule has 0 spiro atoms. The SMILES string of the molecule is Cc1ccc2cc(C(=O)C3CCCC(=O)C3)ccc2n1. The summed E-state index contributed by atoms with van der Waals surface area (Å²) in [5.41, 5.74) is 2.57. The second kappa shape index (κ2) is 5.16. The van der Waals surface area contributed by atoms with Gasteiger partial charge in [-0.1, -0.05) is 6.07 Å². The van der Waals surface area contributed by atoms with Crippen LogP contribution in [0, 0.1) is 12.8 Å². The van der Waals surface area contributed by atoms with Crippen LogP contribution in [0.15, 0.2) is 30.3 Å². The Labute approximate surface area is 118 Å². The molecule has 1 unspecified atom stereocenters. The molecule has 0 aliphatic heterocycles. The van der Waals surface area contributed by atoms with Crippen molar-refractivity contribution in [2.45, 2.75) is 32.6 Å². The van der Waals surface area contributed by atoms with Gasteiger partial charge in [0.1, 0.15) is 5.78 Å². The molecule has 1 fully saturated rings. The van der Waals surface area contributed by atoms with Crippen LogP contribution < -0.4 is 0 Å². The van der Waals surface area contributed by atoms with Crippen LogP contribution in [0.5, 0.6) is 0 Å². The zero-order valence-electron chi connectivity index (χ0n) is 11.6. The minimum Gasteiger partial charge on any atom is -0.300 e. The molecule has 0 N–H and O–H groups in total. The highest BCUT2D eigenvalue weighted by atomic mass is 16.1. The Morgan fingerprint density at radius 2 is 2.10 bits per heavy atom. The van der Waals surface area contributed by atoms with E-state index in [-0.39, 0.29) is 17.5 Å². The van der Waals surface area contributed by atoms with E-state index in [0.717, 1.165) is 29.4 Å². The maximum atomic E-state index is 12.5. The number of hydrogen-bond acceptors (Lipinski definition) is 3. The van der Waals surface area contributed by atoms with Gasteiger partial charge in [0, 0.05) is 35.4 Å². The van der Waals surface area contributed by atoms with Gasteiger partial charge in [-0.15, -0.1) is 0 Å². The fourth-order valence-electron chi connectivity index (χ4n) is 2.86. The van der Waals surface area contributed by atoms with Gasteiger partial charge < -0.3 is 0 Å². The minimum absolute atomic E-state index is 0.0977. The summed E-state index contributed by atoms with van der Waals surface area (Å²) in [5.74, 6) is 0.181. The highest BCUT2D eigenvalue weighted by molar-refractivity contribution is 6.02. The number of ketones is 2. The van der Waals surface area contributed by atoms with Crippen LogP contribution in [-0.4, -0.2) is 16.6 Å². The third kappa shape index (κ3) is 2.48. The van der Waals surface area contributed by atoms with Gasteiger partial charge in [-0.3, -0.25) is 14.6 Å². The van der Waals surface area contributed by atoms with Crippen molar-refractivity contribution in [2.24, 2.45) is 5.92 Å². The van der Waals surface area contributed by atoms with E-state index < -0.39 is 0 Å². The first-order valence-corrected chi connectivity index (χ1v) is 7.07. The number of Topliss-reactive ketones (excluding diaryl/α,β-unsaturated/α-hetero) is 2. The number of benzene rings is 1. The fourth-order valence-corrected chi connectivity index (χ4v) is 2.86. The molecule has 1 aliphatic rings. The standard InChI is InChI=1S/C17H17NO2/c1-11-5-6-12-9-14(7-8-16(12)18-11)17(20)13-3-2-4-15(19)10-13/h5-9,13H,2-4,10H2,1H3. The molecule has 3 rings (SSSR count). The summed E-state index contributed by atoms with van der Waals surface area (Å²) in [6.07, 6.45) is 2.70. The van der Waals surface area contributed by atoms with E-state index in [9.17, 15) is 9.59 Å². The van der Waals surface area contributed by atoms with E-state index in [4.69, 9.17) is 0 Å². The lowest BCUT2D eigenvalue weighted by atomic mass is 9.83.